The van der Waals surface area contributed by atoms with E-state index >= 15 is 0 Å². The Morgan fingerprint density at radius 1 is 1.75 bits per heavy atom. The molecular weight excluding hydrogens is 100 g/mol. The van der Waals surface area contributed by atoms with Crippen molar-refractivity contribution in [3.8, 4) is 0 Å². The zero-order valence-electron chi connectivity index (χ0n) is 5.02. The summed E-state index contributed by atoms with van der Waals surface area (Å²) >= 11 is 0. The molecule has 0 aliphatic carbocycles. The number of aliphatic imine (C=N–C) groups is 1. The van der Waals surface area contributed by atoms with Crippen molar-refractivity contribution in [2.75, 3.05) is 0 Å². The molecule has 0 saturated carbocycles. The predicted octanol–water partition coefficient (Wildman–Crippen LogP) is 1.06. The quantitative estimate of drug-likeness (QED) is 0.419. The van der Waals surface area contributed by atoms with Gasteiger partial charge in [0.1, 0.15) is 5.84 Å². The molecule has 0 aromatic carbocycles. The molecule has 0 aromatic heterocycles. The fraction of sp³-hybridized carbons (Fsp3) is 0.167. The standard InChI is InChI=1S/C6H10N2/c1-4-8-6(7)5(2)3/h4H,1-2H2,3H3,(H2,7,8). The van der Waals surface area contributed by atoms with Crippen LogP contribution in [0.25, 0.3) is 0 Å². The molecule has 0 atom stereocenters. The van der Waals surface area contributed by atoms with Gasteiger partial charge in [-0.25, -0.2) is 4.99 Å². The van der Waals surface area contributed by atoms with Crippen LogP contribution in [0, 0.1) is 0 Å². The summed E-state index contributed by atoms with van der Waals surface area (Å²) in [5.41, 5.74) is 6.07. The maximum absolute atomic E-state index is 5.31. The molecule has 0 rings (SSSR count). The molecule has 44 valence electrons. The Balaban J connectivity index is 3.99. The van der Waals surface area contributed by atoms with E-state index in [2.05, 4.69) is 18.2 Å². The van der Waals surface area contributed by atoms with E-state index in [1.807, 2.05) is 0 Å². The second-order valence-electron chi connectivity index (χ2n) is 1.48. The lowest BCUT2D eigenvalue weighted by atomic mass is 10.3. The van der Waals surface area contributed by atoms with Gasteiger partial charge in [-0.1, -0.05) is 13.2 Å². The molecule has 8 heavy (non-hydrogen) atoms. The lowest BCUT2D eigenvalue weighted by Gasteiger charge is -1.91. The first-order valence-electron chi connectivity index (χ1n) is 2.28. The Hall–Kier alpha value is -1.05. The van der Waals surface area contributed by atoms with Crippen LogP contribution in [0.3, 0.4) is 0 Å². The van der Waals surface area contributed by atoms with Crippen molar-refractivity contribution in [2.24, 2.45) is 10.7 Å². The molecule has 0 spiro atoms. The molecule has 2 N–H and O–H groups in total. The summed E-state index contributed by atoms with van der Waals surface area (Å²) in [5, 5.41) is 0. The van der Waals surface area contributed by atoms with Gasteiger partial charge in [0.15, 0.2) is 0 Å². The SMILES string of the molecule is C=CN=C(N)C(=C)C. The highest BCUT2D eigenvalue weighted by Crippen LogP contribution is 1.85. The highest BCUT2D eigenvalue weighted by atomic mass is 14.8. The van der Waals surface area contributed by atoms with E-state index in [0.717, 1.165) is 5.57 Å². The van der Waals surface area contributed by atoms with Crippen LogP contribution in [0.1, 0.15) is 6.92 Å². The Morgan fingerprint density at radius 3 is 2.38 bits per heavy atom. The Kier molecular flexibility index (Phi) is 2.62. The van der Waals surface area contributed by atoms with Crippen molar-refractivity contribution in [3.63, 3.8) is 0 Å². The highest BCUT2D eigenvalue weighted by Gasteiger charge is 1.85. The summed E-state index contributed by atoms with van der Waals surface area (Å²) < 4.78 is 0. The summed E-state index contributed by atoms with van der Waals surface area (Å²) in [7, 11) is 0. The van der Waals surface area contributed by atoms with Crippen LogP contribution in [0.4, 0.5) is 0 Å². The number of amidine groups is 1. The molecule has 0 unspecified atom stereocenters. The first-order valence-corrected chi connectivity index (χ1v) is 2.28. The van der Waals surface area contributed by atoms with Gasteiger partial charge in [-0.2, -0.15) is 0 Å². The fourth-order valence-corrected chi connectivity index (χ4v) is 0.209. The van der Waals surface area contributed by atoms with Crippen LogP contribution in [0.2, 0.25) is 0 Å². The van der Waals surface area contributed by atoms with E-state index in [0.29, 0.717) is 5.84 Å². The topological polar surface area (TPSA) is 38.4 Å². The molecule has 0 amide bonds. The van der Waals surface area contributed by atoms with Gasteiger partial charge in [0, 0.05) is 6.20 Å². The molecule has 2 nitrogen and oxygen atoms in total. The van der Waals surface area contributed by atoms with Gasteiger partial charge >= 0.3 is 0 Å². The van der Waals surface area contributed by atoms with E-state index in [-0.39, 0.29) is 0 Å². The zero-order chi connectivity index (χ0) is 6.57. The van der Waals surface area contributed by atoms with Crippen molar-refractivity contribution >= 4 is 5.84 Å². The van der Waals surface area contributed by atoms with Gasteiger partial charge in [0.05, 0.1) is 0 Å². The monoisotopic (exact) mass is 110 g/mol. The third-order valence-electron chi connectivity index (χ3n) is 0.668. The van der Waals surface area contributed by atoms with Crippen LogP contribution in [-0.2, 0) is 0 Å². The van der Waals surface area contributed by atoms with Gasteiger partial charge in [-0.3, -0.25) is 0 Å². The van der Waals surface area contributed by atoms with Gasteiger partial charge < -0.3 is 5.73 Å². The second-order valence-corrected chi connectivity index (χ2v) is 1.48. The van der Waals surface area contributed by atoms with Crippen LogP contribution in [-0.4, -0.2) is 5.84 Å². The highest BCUT2D eigenvalue weighted by molar-refractivity contribution is 5.96. The third-order valence-corrected chi connectivity index (χ3v) is 0.668. The molecule has 0 saturated heterocycles. The Labute approximate surface area is 49.4 Å². The molecule has 0 bridgehead atoms. The second kappa shape index (κ2) is 3.02. The molecule has 0 aliphatic heterocycles. The summed E-state index contributed by atoms with van der Waals surface area (Å²) in [6.07, 6.45) is 1.39. The minimum absolute atomic E-state index is 0.444. The predicted molar refractivity (Wildman–Crippen MR) is 36.6 cm³/mol. The van der Waals surface area contributed by atoms with Gasteiger partial charge in [0.2, 0.25) is 0 Å². The molecular formula is C6H10N2. The molecule has 0 radical (unpaired) electrons. The number of rotatable bonds is 2. The summed E-state index contributed by atoms with van der Waals surface area (Å²) in [5.74, 6) is 0.444. The van der Waals surface area contributed by atoms with Crippen molar-refractivity contribution in [2.45, 2.75) is 6.92 Å². The average Bonchev–Trinajstić information content (AvgIpc) is 1.67. The fourth-order valence-electron chi connectivity index (χ4n) is 0.209. The average molecular weight is 110 g/mol. The normalized spacial score (nSPS) is 10.9. The van der Waals surface area contributed by atoms with Crippen LogP contribution in [0.5, 0.6) is 0 Å². The van der Waals surface area contributed by atoms with Crippen LogP contribution >= 0.6 is 0 Å². The molecule has 0 aromatic rings. The minimum atomic E-state index is 0.444. The van der Waals surface area contributed by atoms with Gasteiger partial charge in [0.25, 0.3) is 0 Å². The largest absolute Gasteiger partial charge is 0.384 e. The number of nitrogens with zero attached hydrogens (tertiary/aromatic N) is 1. The molecule has 0 heterocycles. The summed E-state index contributed by atoms with van der Waals surface area (Å²) in [6.45, 7) is 8.74. The zero-order valence-corrected chi connectivity index (χ0v) is 5.02. The molecule has 0 fully saturated rings. The van der Waals surface area contributed by atoms with Gasteiger partial charge in [-0.05, 0) is 12.5 Å². The Morgan fingerprint density at radius 2 is 2.25 bits per heavy atom. The first kappa shape index (κ1) is 6.95. The van der Waals surface area contributed by atoms with Crippen molar-refractivity contribution in [3.05, 3.63) is 24.9 Å². The van der Waals surface area contributed by atoms with E-state index in [4.69, 9.17) is 5.73 Å². The first-order chi connectivity index (χ1) is 3.68. The minimum Gasteiger partial charge on any atom is -0.384 e. The van der Waals surface area contributed by atoms with Crippen LogP contribution in [0.15, 0.2) is 29.9 Å². The number of hydrogen-bond donors (Lipinski definition) is 1. The Bertz CT molecular complexity index is 133. The maximum Gasteiger partial charge on any atom is 0.125 e. The summed E-state index contributed by atoms with van der Waals surface area (Å²) in [4.78, 5) is 3.68. The van der Waals surface area contributed by atoms with Gasteiger partial charge in [-0.15, -0.1) is 0 Å². The molecule has 2 heteroatoms. The van der Waals surface area contributed by atoms with Crippen molar-refractivity contribution < 1.29 is 0 Å². The number of nitrogens with two attached hydrogens (primary N) is 1. The molecule has 0 aliphatic rings. The summed E-state index contributed by atoms with van der Waals surface area (Å²) in [6, 6.07) is 0. The van der Waals surface area contributed by atoms with E-state index in [1.54, 1.807) is 6.92 Å². The smallest absolute Gasteiger partial charge is 0.125 e. The number of hydrogen-bond acceptors (Lipinski definition) is 1. The van der Waals surface area contributed by atoms with Crippen LogP contribution < -0.4 is 5.73 Å². The lowest BCUT2D eigenvalue weighted by Crippen LogP contribution is -2.10. The van der Waals surface area contributed by atoms with Crippen molar-refractivity contribution in [1.82, 2.24) is 0 Å². The lowest BCUT2D eigenvalue weighted by molar-refractivity contribution is 1.45. The van der Waals surface area contributed by atoms with E-state index in [1.165, 1.54) is 6.20 Å². The van der Waals surface area contributed by atoms with E-state index in [9.17, 15) is 0 Å². The third kappa shape index (κ3) is 2.18. The van der Waals surface area contributed by atoms with E-state index < -0.39 is 0 Å². The van der Waals surface area contributed by atoms with Crippen molar-refractivity contribution in [1.29, 1.82) is 0 Å². The maximum atomic E-state index is 5.31.